The maximum absolute atomic E-state index is 12.7. The lowest BCUT2D eigenvalue weighted by Crippen LogP contribution is -2.54. The standard InChI is InChI=1S/C14H25F3N2O2/c1-5-21-12(20)13(3,18-4)8-10(2)19(11-6-7-11)9-14(15,16)17/h10-11,18H,5-9H2,1-4H3. The van der Waals surface area contributed by atoms with Crippen molar-refractivity contribution in [3.05, 3.63) is 0 Å². The van der Waals surface area contributed by atoms with Gasteiger partial charge in [-0.1, -0.05) is 0 Å². The molecule has 0 heterocycles. The molecule has 4 nitrogen and oxygen atoms in total. The first-order chi connectivity index (χ1) is 9.63. The van der Waals surface area contributed by atoms with Crippen LogP contribution in [-0.4, -0.2) is 54.9 Å². The quantitative estimate of drug-likeness (QED) is 0.699. The van der Waals surface area contributed by atoms with Crippen LogP contribution in [0.2, 0.25) is 0 Å². The summed E-state index contributed by atoms with van der Waals surface area (Å²) in [5, 5.41) is 2.89. The zero-order chi connectivity index (χ0) is 16.3. The summed E-state index contributed by atoms with van der Waals surface area (Å²) in [7, 11) is 1.62. The summed E-state index contributed by atoms with van der Waals surface area (Å²) in [6.45, 7) is 4.43. The first-order valence-corrected chi connectivity index (χ1v) is 7.31. The van der Waals surface area contributed by atoms with Crippen molar-refractivity contribution in [2.45, 2.75) is 63.8 Å². The van der Waals surface area contributed by atoms with Crippen molar-refractivity contribution in [1.82, 2.24) is 10.2 Å². The Morgan fingerprint density at radius 1 is 1.43 bits per heavy atom. The predicted octanol–water partition coefficient (Wildman–Crippen LogP) is 2.33. The number of hydrogen-bond donors (Lipinski definition) is 1. The molecule has 0 spiro atoms. The minimum Gasteiger partial charge on any atom is -0.465 e. The molecular weight excluding hydrogens is 285 g/mol. The number of rotatable bonds is 8. The van der Waals surface area contributed by atoms with E-state index in [4.69, 9.17) is 4.74 Å². The summed E-state index contributed by atoms with van der Waals surface area (Å²) in [5.74, 6) is -0.429. The van der Waals surface area contributed by atoms with E-state index in [9.17, 15) is 18.0 Å². The summed E-state index contributed by atoms with van der Waals surface area (Å²) < 4.78 is 43.1. The molecule has 0 amide bonds. The minimum atomic E-state index is -4.23. The molecule has 1 saturated carbocycles. The molecule has 1 rings (SSSR count). The van der Waals surface area contributed by atoms with Crippen molar-refractivity contribution in [3.63, 3.8) is 0 Å². The molecule has 0 saturated heterocycles. The fourth-order valence-electron chi connectivity index (χ4n) is 2.54. The second kappa shape index (κ2) is 6.96. The molecule has 1 aliphatic carbocycles. The number of carbonyl (C=O) groups is 1. The van der Waals surface area contributed by atoms with E-state index in [-0.39, 0.29) is 25.1 Å². The van der Waals surface area contributed by atoms with Crippen LogP contribution in [0.4, 0.5) is 13.2 Å². The molecule has 124 valence electrons. The largest absolute Gasteiger partial charge is 0.465 e. The van der Waals surface area contributed by atoms with E-state index in [1.807, 2.05) is 0 Å². The third-order valence-electron chi connectivity index (χ3n) is 3.93. The number of alkyl halides is 3. The van der Waals surface area contributed by atoms with Crippen molar-refractivity contribution < 1.29 is 22.7 Å². The highest BCUT2D eigenvalue weighted by Gasteiger charge is 2.43. The average Bonchev–Trinajstić information content (AvgIpc) is 3.19. The van der Waals surface area contributed by atoms with Gasteiger partial charge in [-0.15, -0.1) is 0 Å². The summed E-state index contributed by atoms with van der Waals surface area (Å²) in [5.41, 5.74) is -0.978. The van der Waals surface area contributed by atoms with Crippen LogP contribution in [-0.2, 0) is 9.53 Å². The normalized spacial score (nSPS) is 20.2. The molecule has 2 unspecified atom stereocenters. The molecule has 21 heavy (non-hydrogen) atoms. The zero-order valence-corrected chi connectivity index (χ0v) is 13.1. The molecule has 0 aromatic carbocycles. The topological polar surface area (TPSA) is 41.6 Å². The number of likely N-dealkylation sites (N-methyl/N-ethyl adjacent to an activating group) is 1. The van der Waals surface area contributed by atoms with Gasteiger partial charge in [0.15, 0.2) is 0 Å². The lowest BCUT2D eigenvalue weighted by Gasteiger charge is -2.36. The van der Waals surface area contributed by atoms with Crippen LogP contribution in [0, 0.1) is 0 Å². The highest BCUT2D eigenvalue weighted by atomic mass is 19.4. The lowest BCUT2D eigenvalue weighted by atomic mass is 9.93. The van der Waals surface area contributed by atoms with Gasteiger partial charge in [0.1, 0.15) is 5.54 Å². The number of nitrogens with one attached hydrogen (secondary N) is 1. The van der Waals surface area contributed by atoms with E-state index in [0.717, 1.165) is 12.8 Å². The Morgan fingerprint density at radius 3 is 2.38 bits per heavy atom. The fraction of sp³-hybridized carbons (Fsp3) is 0.929. The van der Waals surface area contributed by atoms with Gasteiger partial charge < -0.3 is 10.1 Å². The van der Waals surface area contributed by atoms with Crippen LogP contribution in [0.3, 0.4) is 0 Å². The minimum absolute atomic E-state index is 0.0232. The Morgan fingerprint density at radius 2 is 2.00 bits per heavy atom. The molecule has 1 N–H and O–H groups in total. The summed E-state index contributed by atoms with van der Waals surface area (Å²) >= 11 is 0. The number of hydrogen-bond acceptors (Lipinski definition) is 4. The van der Waals surface area contributed by atoms with E-state index in [0.29, 0.717) is 0 Å². The van der Waals surface area contributed by atoms with Crippen molar-refractivity contribution in [1.29, 1.82) is 0 Å². The first-order valence-electron chi connectivity index (χ1n) is 7.31. The number of halogens is 3. The third-order valence-corrected chi connectivity index (χ3v) is 3.93. The Hall–Kier alpha value is -0.820. The van der Waals surface area contributed by atoms with Gasteiger partial charge in [-0.25, -0.2) is 0 Å². The van der Waals surface area contributed by atoms with E-state index in [1.54, 1.807) is 27.8 Å². The number of carbonyl (C=O) groups excluding carboxylic acids is 1. The summed E-state index contributed by atoms with van der Waals surface area (Å²) in [4.78, 5) is 13.5. The molecule has 2 atom stereocenters. The Balaban J connectivity index is 2.74. The van der Waals surface area contributed by atoms with Crippen LogP contribution in [0.25, 0.3) is 0 Å². The smallest absolute Gasteiger partial charge is 0.401 e. The maximum atomic E-state index is 12.7. The Kier molecular flexibility index (Phi) is 6.04. The van der Waals surface area contributed by atoms with Crippen LogP contribution < -0.4 is 5.32 Å². The van der Waals surface area contributed by atoms with Crippen LogP contribution in [0.1, 0.15) is 40.0 Å². The Labute approximate surface area is 124 Å². The molecule has 1 fully saturated rings. The maximum Gasteiger partial charge on any atom is 0.401 e. The van der Waals surface area contributed by atoms with Crippen molar-refractivity contribution >= 4 is 5.97 Å². The van der Waals surface area contributed by atoms with E-state index >= 15 is 0 Å². The summed E-state index contributed by atoms with van der Waals surface area (Å²) in [6, 6.07) is -0.383. The fourth-order valence-corrected chi connectivity index (χ4v) is 2.54. The van der Waals surface area contributed by atoms with Gasteiger partial charge in [0, 0.05) is 12.1 Å². The molecule has 0 aromatic heterocycles. The SMILES string of the molecule is CCOC(=O)C(C)(CC(C)N(CC(F)(F)F)C1CC1)NC. The average molecular weight is 310 g/mol. The molecule has 0 aliphatic heterocycles. The van der Waals surface area contributed by atoms with Gasteiger partial charge in [-0.05, 0) is 47.1 Å². The van der Waals surface area contributed by atoms with Crippen LogP contribution >= 0.6 is 0 Å². The van der Waals surface area contributed by atoms with Gasteiger partial charge in [0.2, 0.25) is 0 Å². The van der Waals surface area contributed by atoms with Gasteiger partial charge in [0.05, 0.1) is 13.2 Å². The third kappa shape index (κ3) is 5.47. The highest BCUT2D eigenvalue weighted by Crippen LogP contribution is 2.33. The molecule has 0 aromatic rings. The Bertz CT molecular complexity index is 359. The molecule has 1 aliphatic rings. The lowest BCUT2D eigenvalue weighted by molar-refractivity contribution is -0.156. The van der Waals surface area contributed by atoms with Gasteiger partial charge in [-0.3, -0.25) is 9.69 Å². The number of nitrogens with zero attached hydrogens (tertiary/aromatic N) is 1. The molecular formula is C14H25F3N2O2. The van der Waals surface area contributed by atoms with E-state index < -0.39 is 24.2 Å². The monoisotopic (exact) mass is 310 g/mol. The van der Waals surface area contributed by atoms with E-state index in [2.05, 4.69) is 5.32 Å². The van der Waals surface area contributed by atoms with Gasteiger partial charge in [0.25, 0.3) is 0 Å². The molecule has 0 bridgehead atoms. The van der Waals surface area contributed by atoms with Crippen LogP contribution in [0.15, 0.2) is 0 Å². The highest BCUT2D eigenvalue weighted by molar-refractivity contribution is 5.80. The van der Waals surface area contributed by atoms with Crippen molar-refractivity contribution in [2.24, 2.45) is 0 Å². The first kappa shape index (κ1) is 18.2. The second-order valence-corrected chi connectivity index (χ2v) is 5.87. The molecule has 7 heteroatoms. The van der Waals surface area contributed by atoms with Crippen LogP contribution in [0.5, 0.6) is 0 Å². The van der Waals surface area contributed by atoms with Gasteiger partial charge >= 0.3 is 12.1 Å². The molecule has 0 radical (unpaired) electrons. The van der Waals surface area contributed by atoms with Gasteiger partial charge in [-0.2, -0.15) is 13.2 Å². The number of esters is 1. The number of ether oxygens (including phenoxy) is 1. The van der Waals surface area contributed by atoms with Crippen molar-refractivity contribution in [3.8, 4) is 0 Å². The van der Waals surface area contributed by atoms with Crippen molar-refractivity contribution in [2.75, 3.05) is 20.2 Å². The van der Waals surface area contributed by atoms with E-state index in [1.165, 1.54) is 4.90 Å². The second-order valence-electron chi connectivity index (χ2n) is 5.87. The predicted molar refractivity (Wildman–Crippen MR) is 74.0 cm³/mol. The summed E-state index contributed by atoms with van der Waals surface area (Å²) in [6.07, 6.45) is -2.38. The zero-order valence-electron chi connectivity index (χ0n) is 13.1.